The molecule has 0 bridgehead atoms. The highest BCUT2D eigenvalue weighted by molar-refractivity contribution is 7.90. The van der Waals surface area contributed by atoms with Gasteiger partial charge >= 0.3 is 12.0 Å². The number of urea groups is 1. The van der Waals surface area contributed by atoms with Crippen molar-refractivity contribution >= 4 is 31.9 Å². The number of sulfonamides is 1. The molecule has 0 atom stereocenters. The predicted molar refractivity (Wildman–Crippen MR) is 141 cm³/mol. The number of hydrogen-bond acceptors (Lipinski definition) is 7. The Labute approximate surface area is 221 Å². The zero-order valence-electron chi connectivity index (χ0n) is 21.3. The Morgan fingerprint density at radius 1 is 0.974 bits per heavy atom. The number of aryl methyl sites for hydroxylation is 1. The number of carbonyl (C=O) groups is 2. The number of imidazole rings is 1. The number of carboxylic acid groups (broad SMARTS) is 1. The van der Waals surface area contributed by atoms with Crippen molar-refractivity contribution in [3.63, 3.8) is 0 Å². The normalized spacial score (nSPS) is 11.8. The van der Waals surface area contributed by atoms with Gasteiger partial charge in [0.25, 0.3) is 10.0 Å². The summed E-state index contributed by atoms with van der Waals surface area (Å²) >= 11 is 0. The number of benzene rings is 2. The lowest BCUT2D eigenvalue weighted by Crippen LogP contribution is -2.39. The Bertz CT molecular complexity index is 1540. The first-order valence-corrected chi connectivity index (χ1v) is 15.3. The predicted octanol–water partition coefficient (Wildman–Crippen LogP) is 3.05. The maximum atomic E-state index is 12.9. The van der Waals surface area contributed by atoms with E-state index < -0.39 is 42.6 Å². The molecule has 38 heavy (non-hydrogen) atoms. The van der Waals surface area contributed by atoms with Crippen LogP contribution in [-0.2, 0) is 32.8 Å². The van der Waals surface area contributed by atoms with Crippen molar-refractivity contribution in [1.82, 2.24) is 19.6 Å². The Hall–Kier alpha value is -3.71. The zero-order valence-corrected chi connectivity index (χ0v) is 22.9. The topological polar surface area (TPSA) is 165 Å². The fourth-order valence-electron chi connectivity index (χ4n) is 3.89. The summed E-state index contributed by atoms with van der Waals surface area (Å²) in [4.78, 5) is 28.0. The molecule has 204 valence electrons. The Balaban J connectivity index is 1.97. The second-order valence-corrected chi connectivity index (χ2v) is 12.2. The molecule has 0 aliphatic heterocycles. The lowest BCUT2D eigenvalue weighted by atomic mass is 10.0. The van der Waals surface area contributed by atoms with Gasteiger partial charge in [-0.25, -0.2) is 36.1 Å². The summed E-state index contributed by atoms with van der Waals surface area (Å²) in [5.74, 6) is -1.05. The minimum Gasteiger partial charge on any atom is -0.476 e. The standard InChI is InChI=1S/C25H30N4O7S2/c1-4-8-21-27-23(37(3,33)34)22(24(30)31)29(21)16-17-11-13-18(14-12-17)19-9-6-7-10-20(19)38(35,36)28-25(32)26-15-5-2/h6-7,9-14H,4-5,8,15-16H2,1-3H3,(H,30,31)(H2,26,28,32). The van der Waals surface area contributed by atoms with E-state index in [1.165, 1.54) is 10.6 Å². The van der Waals surface area contributed by atoms with Crippen molar-refractivity contribution < 1.29 is 31.5 Å². The maximum Gasteiger partial charge on any atom is 0.355 e. The van der Waals surface area contributed by atoms with E-state index in [0.29, 0.717) is 48.3 Å². The minimum absolute atomic E-state index is 0.0544. The molecular formula is C25H30N4O7S2. The summed E-state index contributed by atoms with van der Waals surface area (Å²) in [6, 6.07) is 12.2. The number of nitrogens with zero attached hydrogens (tertiary/aromatic N) is 2. The third kappa shape index (κ3) is 6.58. The third-order valence-corrected chi connectivity index (χ3v) is 7.96. The fourth-order valence-corrected chi connectivity index (χ4v) is 5.87. The highest BCUT2D eigenvalue weighted by Crippen LogP contribution is 2.28. The number of sulfone groups is 1. The summed E-state index contributed by atoms with van der Waals surface area (Å²) in [6.07, 6.45) is 2.59. The van der Waals surface area contributed by atoms with Crippen LogP contribution in [0.5, 0.6) is 0 Å². The summed E-state index contributed by atoms with van der Waals surface area (Å²) in [7, 11) is -8.03. The average molecular weight is 563 g/mol. The van der Waals surface area contributed by atoms with E-state index in [0.717, 1.165) is 6.26 Å². The highest BCUT2D eigenvalue weighted by Gasteiger charge is 2.28. The van der Waals surface area contributed by atoms with Crippen LogP contribution in [0.25, 0.3) is 11.1 Å². The lowest BCUT2D eigenvalue weighted by molar-refractivity contribution is 0.0680. The monoisotopic (exact) mass is 562 g/mol. The van der Waals surface area contributed by atoms with Gasteiger partial charge in [0, 0.05) is 31.3 Å². The lowest BCUT2D eigenvalue weighted by Gasteiger charge is -2.13. The second-order valence-electron chi connectivity index (χ2n) is 8.65. The van der Waals surface area contributed by atoms with Crippen LogP contribution in [0, 0.1) is 0 Å². The minimum atomic E-state index is -4.16. The number of hydrogen-bond donors (Lipinski definition) is 3. The number of aromatic carboxylic acids is 1. The molecule has 0 aliphatic rings. The van der Waals surface area contributed by atoms with Crippen LogP contribution in [0.1, 0.15) is 48.6 Å². The molecule has 0 spiro atoms. The first kappa shape index (κ1) is 28.9. The molecule has 3 N–H and O–H groups in total. The Morgan fingerprint density at radius 3 is 2.21 bits per heavy atom. The molecule has 2 aromatic carbocycles. The van der Waals surface area contributed by atoms with E-state index in [1.54, 1.807) is 42.5 Å². The van der Waals surface area contributed by atoms with Crippen molar-refractivity contribution in [1.29, 1.82) is 0 Å². The Kier molecular flexibility index (Phi) is 8.94. The van der Waals surface area contributed by atoms with Crippen molar-refractivity contribution in [3.8, 4) is 11.1 Å². The number of aromatic nitrogens is 2. The summed E-state index contributed by atoms with van der Waals surface area (Å²) < 4.78 is 53.6. The first-order chi connectivity index (χ1) is 17.9. The van der Waals surface area contributed by atoms with E-state index >= 15 is 0 Å². The van der Waals surface area contributed by atoms with Crippen molar-refractivity contribution in [2.45, 2.75) is 49.6 Å². The zero-order chi connectivity index (χ0) is 28.1. The molecule has 0 radical (unpaired) electrons. The maximum absolute atomic E-state index is 12.9. The molecule has 0 unspecified atom stereocenters. The Morgan fingerprint density at radius 2 is 1.63 bits per heavy atom. The van der Waals surface area contributed by atoms with E-state index in [-0.39, 0.29) is 11.4 Å². The van der Waals surface area contributed by atoms with Gasteiger partial charge in [-0.3, -0.25) is 0 Å². The molecule has 3 aromatic rings. The summed E-state index contributed by atoms with van der Waals surface area (Å²) in [5.41, 5.74) is 1.18. The fraction of sp³-hybridized carbons (Fsp3) is 0.320. The van der Waals surface area contributed by atoms with Crippen molar-refractivity contribution in [2.75, 3.05) is 12.8 Å². The largest absolute Gasteiger partial charge is 0.476 e. The molecule has 13 heteroatoms. The van der Waals surface area contributed by atoms with Gasteiger partial charge in [0.05, 0.1) is 4.90 Å². The van der Waals surface area contributed by atoms with Crippen LogP contribution in [0.2, 0.25) is 0 Å². The van der Waals surface area contributed by atoms with E-state index in [1.807, 2.05) is 18.6 Å². The molecule has 0 saturated heterocycles. The van der Waals surface area contributed by atoms with Gasteiger partial charge in [0.15, 0.2) is 20.6 Å². The highest BCUT2D eigenvalue weighted by atomic mass is 32.2. The molecule has 1 heterocycles. The molecule has 3 rings (SSSR count). The van der Waals surface area contributed by atoms with Crippen LogP contribution < -0.4 is 10.0 Å². The van der Waals surface area contributed by atoms with Crippen molar-refractivity contribution in [3.05, 3.63) is 65.6 Å². The van der Waals surface area contributed by atoms with E-state index in [2.05, 4.69) is 10.3 Å². The molecule has 0 aliphatic carbocycles. The van der Waals surface area contributed by atoms with Crippen LogP contribution in [-0.4, -0.2) is 56.3 Å². The van der Waals surface area contributed by atoms with Gasteiger partial charge in [0.1, 0.15) is 5.82 Å². The third-order valence-electron chi connectivity index (χ3n) is 5.59. The quantitative estimate of drug-likeness (QED) is 0.321. The molecule has 1 aromatic heterocycles. The van der Waals surface area contributed by atoms with Gasteiger partial charge in [-0.2, -0.15) is 0 Å². The summed E-state index contributed by atoms with van der Waals surface area (Å²) in [6.45, 7) is 4.11. The van der Waals surface area contributed by atoms with Crippen LogP contribution in [0.15, 0.2) is 58.5 Å². The number of carbonyl (C=O) groups excluding carboxylic acids is 1. The van der Waals surface area contributed by atoms with Crippen molar-refractivity contribution in [2.24, 2.45) is 0 Å². The van der Waals surface area contributed by atoms with Gasteiger partial charge < -0.3 is 15.0 Å². The molecular weight excluding hydrogens is 532 g/mol. The smallest absolute Gasteiger partial charge is 0.355 e. The van der Waals surface area contributed by atoms with Gasteiger partial charge in [-0.15, -0.1) is 0 Å². The summed E-state index contributed by atoms with van der Waals surface area (Å²) in [5, 5.41) is 11.8. The molecule has 0 saturated carbocycles. The van der Waals surface area contributed by atoms with Gasteiger partial charge in [0.2, 0.25) is 0 Å². The van der Waals surface area contributed by atoms with E-state index in [4.69, 9.17) is 0 Å². The number of carboxylic acids is 1. The SMILES string of the molecule is CCCNC(=O)NS(=O)(=O)c1ccccc1-c1ccc(Cn2c(CCC)nc(S(C)(=O)=O)c2C(=O)O)cc1. The number of nitrogens with one attached hydrogen (secondary N) is 2. The van der Waals surface area contributed by atoms with Gasteiger partial charge in [-0.1, -0.05) is 56.3 Å². The average Bonchev–Trinajstić information content (AvgIpc) is 3.22. The molecule has 2 amide bonds. The first-order valence-electron chi connectivity index (χ1n) is 11.9. The van der Waals surface area contributed by atoms with Crippen LogP contribution in [0.4, 0.5) is 4.79 Å². The number of amides is 2. The van der Waals surface area contributed by atoms with E-state index in [9.17, 15) is 31.5 Å². The number of rotatable bonds is 11. The molecule has 0 fully saturated rings. The van der Waals surface area contributed by atoms with Crippen LogP contribution in [0.3, 0.4) is 0 Å². The van der Waals surface area contributed by atoms with Crippen LogP contribution >= 0.6 is 0 Å². The molecule has 11 nitrogen and oxygen atoms in total. The second kappa shape index (κ2) is 11.8. The van der Waals surface area contributed by atoms with Gasteiger partial charge in [-0.05, 0) is 30.0 Å².